The average Bonchev–Trinajstić information content (AvgIpc) is 2.42. The third-order valence-corrected chi connectivity index (χ3v) is 4.55. The highest BCUT2D eigenvalue weighted by atomic mass is 32.1. The van der Waals surface area contributed by atoms with Crippen molar-refractivity contribution in [3.8, 4) is 0 Å². The first-order chi connectivity index (χ1) is 9.31. The van der Waals surface area contributed by atoms with Crippen LogP contribution in [-0.4, -0.2) is 5.25 Å². The zero-order valence-corrected chi connectivity index (χ0v) is 14.5. The predicted molar refractivity (Wildman–Crippen MR) is 93.4 cm³/mol. The van der Waals surface area contributed by atoms with Crippen LogP contribution in [0.4, 0.5) is 0 Å². The Bertz CT molecular complexity index is 156. The van der Waals surface area contributed by atoms with Gasteiger partial charge in [0.2, 0.25) is 0 Å². The van der Waals surface area contributed by atoms with Gasteiger partial charge >= 0.3 is 0 Å². The molecule has 19 heavy (non-hydrogen) atoms. The van der Waals surface area contributed by atoms with Crippen LogP contribution < -0.4 is 0 Å². The van der Waals surface area contributed by atoms with Crippen molar-refractivity contribution < 1.29 is 0 Å². The summed E-state index contributed by atoms with van der Waals surface area (Å²) >= 11 is 4.71. The Hall–Kier alpha value is 0.350. The molecule has 0 saturated carbocycles. The zero-order valence-electron chi connectivity index (χ0n) is 13.6. The molecule has 1 atom stereocenters. The minimum atomic E-state index is 0.668. The van der Waals surface area contributed by atoms with Gasteiger partial charge in [0, 0.05) is 5.25 Å². The molecule has 0 saturated heterocycles. The topological polar surface area (TPSA) is 0 Å². The third kappa shape index (κ3) is 16.3. The van der Waals surface area contributed by atoms with Crippen molar-refractivity contribution in [2.75, 3.05) is 0 Å². The summed E-state index contributed by atoms with van der Waals surface area (Å²) in [5.41, 5.74) is 0. The lowest BCUT2D eigenvalue weighted by Crippen LogP contribution is -1.98. The molecule has 0 aliphatic rings. The van der Waals surface area contributed by atoms with Gasteiger partial charge in [-0.3, -0.25) is 0 Å². The second kappa shape index (κ2) is 16.4. The first-order valence-electron chi connectivity index (χ1n) is 8.99. The summed E-state index contributed by atoms with van der Waals surface area (Å²) in [6, 6.07) is 0. The monoisotopic (exact) mass is 286 g/mol. The highest BCUT2D eigenvalue weighted by Crippen LogP contribution is 2.17. The van der Waals surface area contributed by atoms with E-state index in [-0.39, 0.29) is 0 Å². The normalized spacial score (nSPS) is 12.8. The minimum absolute atomic E-state index is 0.668. The van der Waals surface area contributed by atoms with E-state index in [4.69, 9.17) is 12.6 Å². The number of unbranched alkanes of at least 4 members (excludes halogenated alkanes) is 11. The molecular formula is C18H38S. The third-order valence-electron chi connectivity index (χ3n) is 4.03. The SMILES string of the molecule is CCCCCCCCCCCC(S)CCCCCC. The van der Waals surface area contributed by atoms with E-state index in [1.165, 1.54) is 96.3 Å². The predicted octanol–water partition coefficient (Wildman–Crippen LogP) is 7.18. The molecule has 1 unspecified atom stereocenters. The van der Waals surface area contributed by atoms with E-state index in [0.29, 0.717) is 5.25 Å². The molecule has 1 heteroatoms. The van der Waals surface area contributed by atoms with Crippen LogP contribution in [0.3, 0.4) is 0 Å². The number of rotatable bonds is 15. The van der Waals surface area contributed by atoms with Gasteiger partial charge in [-0.15, -0.1) is 0 Å². The zero-order chi connectivity index (χ0) is 14.2. The molecule has 0 rings (SSSR count). The summed E-state index contributed by atoms with van der Waals surface area (Å²) in [5.74, 6) is 0. The first kappa shape index (κ1) is 19.4. The van der Waals surface area contributed by atoms with E-state index in [9.17, 15) is 0 Å². The maximum Gasteiger partial charge on any atom is 0.00168 e. The summed E-state index contributed by atoms with van der Waals surface area (Å²) in [6.45, 7) is 4.57. The number of hydrogen-bond acceptors (Lipinski definition) is 1. The maximum absolute atomic E-state index is 4.71. The van der Waals surface area contributed by atoms with Crippen molar-refractivity contribution >= 4 is 12.6 Å². The molecule has 0 aromatic rings. The fourth-order valence-corrected chi connectivity index (χ4v) is 3.01. The van der Waals surface area contributed by atoms with E-state index < -0.39 is 0 Å². The molecule has 0 radical (unpaired) electrons. The molecule has 0 spiro atoms. The summed E-state index contributed by atoms with van der Waals surface area (Å²) < 4.78 is 0. The van der Waals surface area contributed by atoms with Crippen LogP contribution in [0, 0.1) is 0 Å². The average molecular weight is 287 g/mol. The Kier molecular flexibility index (Phi) is 16.7. The van der Waals surface area contributed by atoms with Crippen LogP contribution in [0.15, 0.2) is 0 Å². The van der Waals surface area contributed by atoms with Gasteiger partial charge in [0.25, 0.3) is 0 Å². The van der Waals surface area contributed by atoms with E-state index >= 15 is 0 Å². The molecule has 0 heterocycles. The van der Waals surface area contributed by atoms with E-state index in [1.807, 2.05) is 0 Å². The minimum Gasteiger partial charge on any atom is -0.176 e. The van der Waals surface area contributed by atoms with Gasteiger partial charge in [-0.2, -0.15) is 12.6 Å². The smallest absolute Gasteiger partial charge is 0.00168 e. The Morgan fingerprint density at radius 3 is 1.26 bits per heavy atom. The summed E-state index contributed by atoms with van der Waals surface area (Å²) in [6.07, 6.45) is 21.1. The molecule has 116 valence electrons. The van der Waals surface area contributed by atoms with Gasteiger partial charge in [0.15, 0.2) is 0 Å². The van der Waals surface area contributed by atoms with Crippen molar-refractivity contribution in [2.45, 2.75) is 115 Å². The van der Waals surface area contributed by atoms with Crippen LogP contribution in [0.5, 0.6) is 0 Å². The molecule has 0 aromatic heterocycles. The van der Waals surface area contributed by atoms with Gasteiger partial charge in [-0.05, 0) is 12.8 Å². The van der Waals surface area contributed by atoms with Crippen molar-refractivity contribution in [3.05, 3.63) is 0 Å². The Morgan fingerprint density at radius 1 is 0.526 bits per heavy atom. The maximum atomic E-state index is 4.71. The standard InChI is InChI=1S/C18H38S/c1-3-5-7-9-10-11-12-13-15-17-18(19)16-14-8-6-4-2/h18-19H,3-17H2,1-2H3. The molecule has 0 fully saturated rings. The second-order valence-corrected chi connectivity index (χ2v) is 6.85. The van der Waals surface area contributed by atoms with Gasteiger partial charge in [0.1, 0.15) is 0 Å². The lowest BCUT2D eigenvalue weighted by Gasteiger charge is -2.10. The van der Waals surface area contributed by atoms with Crippen molar-refractivity contribution in [1.29, 1.82) is 0 Å². The second-order valence-electron chi connectivity index (χ2n) is 6.12. The van der Waals surface area contributed by atoms with Crippen LogP contribution in [-0.2, 0) is 0 Å². The highest BCUT2D eigenvalue weighted by molar-refractivity contribution is 7.80. The largest absolute Gasteiger partial charge is 0.176 e. The molecule has 0 amide bonds. The van der Waals surface area contributed by atoms with Gasteiger partial charge in [-0.1, -0.05) is 97.3 Å². The molecular weight excluding hydrogens is 248 g/mol. The van der Waals surface area contributed by atoms with E-state index in [0.717, 1.165) is 0 Å². The van der Waals surface area contributed by atoms with Crippen molar-refractivity contribution in [3.63, 3.8) is 0 Å². The molecule has 0 aliphatic carbocycles. The van der Waals surface area contributed by atoms with Gasteiger partial charge in [0.05, 0.1) is 0 Å². The molecule has 0 bridgehead atoms. The van der Waals surface area contributed by atoms with Gasteiger partial charge in [-0.25, -0.2) is 0 Å². The van der Waals surface area contributed by atoms with Crippen molar-refractivity contribution in [1.82, 2.24) is 0 Å². The van der Waals surface area contributed by atoms with E-state index in [2.05, 4.69) is 13.8 Å². The fraction of sp³-hybridized carbons (Fsp3) is 1.00. The fourth-order valence-electron chi connectivity index (χ4n) is 2.64. The quantitative estimate of drug-likeness (QED) is 0.239. The Morgan fingerprint density at radius 2 is 0.842 bits per heavy atom. The summed E-state index contributed by atoms with van der Waals surface area (Å²) in [5, 5.41) is 0.668. The Balaban J connectivity index is 3.07. The first-order valence-corrected chi connectivity index (χ1v) is 9.51. The van der Waals surface area contributed by atoms with Crippen molar-refractivity contribution in [2.24, 2.45) is 0 Å². The lowest BCUT2D eigenvalue weighted by molar-refractivity contribution is 0.538. The molecule has 0 nitrogen and oxygen atoms in total. The number of thiol groups is 1. The molecule has 0 aromatic carbocycles. The van der Waals surface area contributed by atoms with Crippen LogP contribution in [0.2, 0.25) is 0 Å². The summed E-state index contributed by atoms with van der Waals surface area (Å²) in [7, 11) is 0. The molecule has 0 N–H and O–H groups in total. The Labute approximate surface area is 128 Å². The lowest BCUT2D eigenvalue weighted by atomic mass is 10.0. The van der Waals surface area contributed by atoms with Crippen LogP contribution in [0.1, 0.15) is 110 Å². The summed E-state index contributed by atoms with van der Waals surface area (Å²) in [4.78, 5) is 0. The molecule has 0 aliphatic heterocycles. The van der Waals surface area contributed by atoms with Gasteiger partial charge < -0.3 is 0 Å². The number of hydrogen-bond donors (Lipinski definition) is 1. The van der Waals surface area contributed by atoms with Crippen LogP contribution in [0.25, 0.3) is 0 Å². The van der Waals surface area contributed by atoms with Crippen LogP contribution >= 0.6 is 12.6 Å². The highest BCUT2D eigenvalue weighted by Gasteiger charge is 2.02. The van der Waals surface area contributed by atoms with E-state index in [1.54, 1.807) is 0 Å².